The van der Waals surface area contributed by atoms with Gasteiger partial charge in [-0.1, -0.05) is 6.92 Å². The van der Waals surface area contributed by atoms with E-state index in [4.69, 9.17) is 0 Å². The maximum absolute atomic E-state index is 13.2. The minimum absolute atomic E-state index is 0.335. The van der Waals surface area contributed by atoms with Crippen LogP contribution in [0.25, 0.3) is 11.0 Å². The summed E-state index contributed by atoms with van der Waals surface area (Å²) in [4.78, 5) is 7.58. The van der Waals surface area contributed by atoms with E-state index in [2.05, 4.69) is 23.8 Å². The van der Waals surface area contributed by atoms with Gasteiger partial charge in [-0.3, -0.25) is 0 Å². The Kier molecular flexibility index (Phi) is 2.19. The van der Waals surface area contributed by atoms with Crippen molar-refractivity contribution in [2.45, 2.75) is 26.3 Å². The monoisotopic (exact) mass is 193 g/mol. The van der Waals surface area contributed by atoms with Gasteiger partial charge in [-0.25, -0.2) is 9.97 Å². The van der Waals surface area contributed by atoms with Crippen molar-refractivity contribution >= 4 is 11.0 Å². The van der Waals surface area contributed by atoms with Crippen LogP contribution in [0.3, 0.4) is 0 Å². The van der Waals surface area contributed by atoms with Crippen molar-refractivity contribution in [3.05, 3.63) is 24.5 Å². The molecule has 1 atom stereocenters. The number of rotatable bonds is 2. The fourth-order valence-electron chi connectivity index (χ4n) is 1.48. The molecular weight excluding hydrogens is 181 g/mol. The summed E-state index contributed by atoms with van der Waals surface area (Å²) < 4.78 is 15.2. The average molecular weight is 193 g/mol. The van der Waals surface area contributed by atoms with Crippen LogP contribution in [0, 0.1) is 5.95 Å². The number of aromatic nitrogens is 3. The van der Waals surface area contributed by atoms with E-state index in [1.165, 1.54) is 6.20 Å². The first-order valence-corrected chi connectivity index (χ1v) is 4.71. The van der Waals surface area contributed by atoms with E-state index >= 15 is 0 Å². The molecule has 0 spiro atoms. The first kappa shape index (κ1) is 9.12. The van der Waals surface area contributed by atoms with Crippen LogP contribution in [0.15, 0.2) is 18.6 Å². The molecule has 14 heavy (non-hydrogen) atoms. The van der Waals surface area contributed by atoms with Gasteiger partial charge in [0.05, 0.1) is 11.8 Å². The molecule has 0 aliphatic carbocycles. The second-order valence-corrected chi connectivity index (χ2v) is 3.38. The van der Waals surface area contributed by atoms with Gasteiger partial charge in [0.2, 0.25) is 5.95 Å². The number of hydrogen-bond acceptors (Lipinski definition) is 2. The fourth-order valence-corrected chi connectivity index (χ4v) is 1.48. The van der Waals surface area contributed by atoms with Gasteiger partial charge >= 0.3 is 0 Å². The summed E-state index contributed by atoms with van der Waals surface area (Å²) in [5, 5.41) is 0. The van der Waals surface area contributed by atoms with Gasteiger partial charge < -0.3 is 4.57 Å². The van der Waals surface area contributed by atoms with E-state index in [1.54, 1.807) is 12.4 Å². The first-order chi connectivity index (χ1) is 6.74. The third-order valence-electron chi connectivity index (χ3n) is 2.51. The van der Waals surface area contributed by atoms with Crippen LogP contribution >= 0.6 is 0 Å². The summed E-state index contributed by atoms with van der Waals surface area (Å²) in [7, 11) is 0. The molecule has 0 aromatic carbocycles. The van der Waals surface area contributed by atoms with Gasteiger partial charge in [0.15, 0.2) is 0 Å². The molecule has 0 aliphatic heterocycles. The molecule has 3 nitrogen and oxygen atoms in total. The molecule has 0 radical (unpaired) electrons. The van der Waals surface area contributed by atoms with Crippen LogP contribution in [0.5, 0.6) is 0 Å². The molecule has 0 aliphatic rings. The quantitative estimate of drug-likeness (QED) is 0.686. The normalized spacial score (nSPS) is 13.4. The Morgan fingerprint density at radius 1 is 1.50 bits per heavy atom. The van der Waals surface area contributed by atoms with Crippen LogP contribution in [-0.2, 0) is 0 Å². The summed E-state index contributed by atoms with van der Waals surface area (Å²) in [5.74, 6) is -0.496. The van der Waals surface area contributed by atoms with Gasteiger partial charge in [0, 0.05) is 12.2 Å². The fraction of sp³-hybridized carbons (Fsp3) is 0.400. The molecule has 0 saturated carbocycles. The zero-order valence-corrected chi connectivity index (χ0v) is 8.24. The maximum Gasteiger partial charge on any atom is 0.240 e. The molecule has 4 heteroatoms. The van der Waals surface area contributed by atoms with E-state index < -0.39 is 5.95 Å². The van der Waals surface area contributed by atoms with Crippen molar-refractivity contribution in [1.29, 1.82) is 0 Å². The Bertz CT molecular complexity index is 450. The highest BCUT2D eigenvalue weighted by Gasteiger charge is 2.10. The molecule has 2 rings (SSSR count). The molecule has 0 fully saturated rings. The van der Waals surface area contributed by atoms with E-state index in [9.17, 15) is 4.39 Å². The van der Waals surface area contributed by atoms with E-state index in [0.29, 0.717) is 11.6 Å². The predicted octanol–water partition coefficient (Wildman–Crippen LogP) is 2.54. The van der Waals surface area contributed by atoms with E-state index in [-0.39, 0.29) is 0 Å². The third kappa shape index (κ3) is 1.27. The number of nitrogens with zero attached hydrogens (tertiary/aromatic N) is 3. The largest absolute Gasteiger partial charge is 0.328 e. The van der Waals surface area contributed by atoms with Gasteiger partial charge in [-0.05, 0) is 19.4 Å². The average Bonchev–Trinajstić information content (AvgIpc) is 2.62. The third-order valence-corrected chi connectivity index (χ3v) is 2.51. The Balaban J connectivity index is 2.63. The number of hydrogen-bond donors (Lipinski definition) is 0. The summed E-state index contributed by atoms with van der Waals surface area (Å²) in [6, 6.07) is 2.12. The molecule has 0 saturated heterocycles. The highest BCUT2D eigenvalue weighted by Crippen LogP contribution is 2.19. The van der Waals surface area contributed by atoms with Crippen molar-refractivity contribution in [3.8, 4) is 0 Å². The lowest BCUT2D eigenvalue weighted by Gasteiger charge is -2.10. The minimum atomic E-state index is -0.496. The molecule has 0 N–H and O–H groups in total. The van der Waals surface area contributed by atoms with E-state index in [0.717, 1.165) is 11.9 Å². The van der Waals surface area contributed by atoms with Crippen molar-refractivity contribution < 1.29 is 4.39 Å². The lowest BCUT2D eigenvalue weighted by atomic mass is 10.2. The number of halogens is 1. The van der Waals surface area contributed by atoms with Gasteiger partial charge in [0.1, 0.15) is 5.52 Å². The van der Waals surface area contributed by atoms with Gasteiger partial charge in [-0.2, -0.15) is 4.39 Å². The van der Waals surface area contributed by atoms with Gasteiger partial charge in [-0.15, -0.1) is 0 Å². The predicted molar refractivity (Wildman–Crippen MR) is 52.5 cm³/mol. The summed E-state index contributed by atoms with van der Waals surface area (Å²) in [6.07, 6.45) is 4.14. The van der Waals surface area contributed by atoms with Crippen molar-refractivity contribution in [1.82, 2.24) is 14.5 Å². The van der Waals surface area contributed by atoms with Crippen molar-refractivity contribution in [2.24, 2.45) is 0 Å². The molecule has 2 aromatic heterocycles. The van der Waals surface area contributed by atoms with Crippen LogP contribution < -0.4 is 0 Å². The molecule has 0 bridgehead atoms. The SMILES string of the molecule is CC[C@@H](C)n1cnc2c(F)nccc21. The molecule has 0 amide bonds. The molecule has 2 aromatic rings. The highest BCUT2D eigenvalue weighted by molar-refractivity contribution is 5.74. The van der Waals surface area contributed by atoms with Crippen molar-refractivity contribution in [2.75, 3.05) is 0 Å². The minimum Gasteiger partial charge on any atom is -0.328 e. The maximum atomic E-state index is 13.2. The molecular formula is C10H12FN3. The molecule has 74 valence electrons. The Morgan fingerprint density at radius 3 is 3.00 bits per heavy atom. The van der Waals surface area contributed by atoms with Crippen molar-refractivity contribution in [3.63, 3.8) is 0 Å². The van der Waals surface area contributed by atoms with Crippen LogP contribution in [-0.4, -0.2) is 14.5 Å². The lowest BCUT2D eigenvalue weighted by molar-refractivity contribution is 0.544. The van der Waals surface area contributed by atoms with Crippen LogP contribution in [0.1, 0.15) is 26.3 Å². The summed E-state index contributed by atoms with van der Waals surface area (Å²) >= 11 is 0. The zero-order chi connectivity index (χ0) is 10.1. The van der Waals surface area contributed by atoms with E-state index in [1.807, 2.05) is 4.57 Å². The Morgan fingerprint density at radius 2 is 2.29 bits per heavy atom. The Labute approximate surface area is 81.6 Å². The zero-order valence-electron chi connectivity index (χ0n) is 8.24. The molecule has 0 unspecified atom stereocenters. The lowest BCUT2D eigenvalue weighted by Crippen LogP contribution is -2.01. The second-order valence-electron chi connectivity index (χ2n) is 3.38. The first-order valence-electron chi connectivity index (χ1n) is 4.71. The Hall–Kier alpha value is -1.45. The highest BCUT2D eigenvalue weighted by atomic mass is 19.1. The standard InChI is InChI=1S/C10H12FN3/c1-3-7(2)14-6-13-9-8(14)4-5-12-10(9)11/h4-7H,3H2,1-2H3/t7-/m1/s1. The topological polar surface area (TPSA) is 30.7 Å². The van der Waals surface area contributed by atoms with Crippen LogP contribution in [0.2, 0.25) is 0 Å². The number of fused-ring (bicyclic) bond motifs is 1. The second kappa shape index (κ2) is 3.36. The number of imidazole rings is 1. The number of pyridine rings is 1. The van der Waals surface area contributed by atoms with Gasteiger partial charge in [0.25, 0.3) is 0 Å². The summed E-state index contributed by atoms with van der Waals surface area (Å²) in [5.41, 5.74) is 1.17. The smallest absolute Gasteiger partial charge is 0.240 e. The molecule has 2 heterocycles. The summed E-state index contributed by atoms with van der Waals surface area (Å²) in [6.45, 7) is 4.17. The van der Waals surface area contributed by atoms with Crippen LogP contribution in [0.4, 0.5) is 4.39 Å².